The molecule has 0 bridgehead atoms. The summed E-state index contributed by atoms with van der Waals surface area (Å²) in [5.41, 5.74) is -0.630. The third-order valence-electron chi connectivity index (χ3n) is 3.41. The first kappa shape index (κ1) is 10.5. The lowest BCUT2D eigenvalue weighted by molar-refractivity contribution is -0.143. The Labute approximate surface area is 89.0 Å². The monoisotopic (exact) mass is 211 g/mol. The quantitative estimate of drug-likeness (QED) is 0.692. The van der Waals surface area contributed by atoms with Crippen molar-refractivity contribution < 1.29 is 14.7 Å². The summed E-state index contributed by atoms with van der Waals surface area (Å²) >= 11 is 0. The molecule has 4 nitrogen and oxygen atoms in total. The van der Waals surface area contributed by atoms with Crippen LogP contribution >= 0.6 is 0 Å². The molecule has 0 saturated heterocycles. The Morgan fingerprint density at radius 1 is 1.33 bits per heavy atom. The lowest BCUT2D eigenvalue weighted by Gasteiger charge is -2.10. The van der Waals surface area contributed by atoms with Gasteiger partial charge in [-0.25, -0.2) is 0 Å². The van der Waals surface area contributed by atoms with Crippen LogP contribution in [0.1, 0.15) is 38.5 Å². The summed E-state index contributed by atoms with van der Waals surface area (Å²) in [7, 11) is 0. The highest BCUT2D eigenvalue weighted by Gasteiger charge is 2.50. The summed E-state index contributed by atoms with van der Waals surface area (Å²) in [6, 6.07) is 0. The molecule has 4 heteroatoms. The minimum Gasteiger partial charge on any atom is -0.481 e. The number of carbonyl (C=O) groups excluding carboxylic acids is 1. The molecule has 2 aliphatic rings. The average molecular weight is 211 g/mol. The van der Waals surface area contributed by atoms with E-state index in [2.05, 4.69) is 5.32 Å². The van der Waals surface area contributed by atoms with Crippen molar-refractivity contribution >= 4 is 11.9 Å². The van der Waals surface area contributed by atoms with Crippen LogP contribution < -0.4 is 5.32 Å². The van der Waals surface area contributed by atoms with Crippen LogP contribution in [0.2, 0.25) is 0 Å². The highest BCUT2D eigenvalue weighted by atomic mass is 16.4. The van der Waals surface area contributed by atoms with Crippen molar-refractivity contribution in [3.8, 4) is 0 Å². The Morgan fingerprint density at radius 3 is 2.47 bits per heavy atom. The topological polar surface area (TPSA) is 66.4 Å². The zero-order valence-corrected chi connectivity index (χ0v) is 8.79. The summed E-state index contributed by atoms with van der Waals surface area (Å²) in [5.74, 6) is -0.00970. The van der Waals surface area contributed by atoms with E-state index in [0.717, 1.165) is 12.3 Å². The van der Waals surface area contributed by atoms with E-state index in [9.17, 15) is 9.59 Å². The van der Waals surface area contributed by atoms with E-state index >= 15 is 0 Å². The Kier molecular flexibility index (Phi) is 2.67. The van der Waals surface area contributed by atoms with Gasteiger partial charge in [0, 0.05) is 13.0 Å². The molecule has 0 aliphatic heterocycles. The van der Waals surface area contributed by atoms with Crippen LogP contribution in [0, 0.1) is 11.3 Å². The smallest absolute Gasteiger partial charge is 0.311 e. The Bertz CT molecular complexity index is 280. The molecule has 0 heterocycles. The second-order valence-corrected chi connectivity index (χ2v) is 4.84. The molecule has 2 saturated carbocycles. The van der Waals surface area contributed by atoms with Gasteiger partial charge in [0.15, 0.2) is 0 Å². The first-order chi connectivity index (χ1) is 7.12. The number of hydrogen-bond donors (Lipinski definition) is 2. The summed E-state index contributed by atoms with van der Waals surface area (Å²) in [4.78, 5) is 22.2. The van der Waals surface area contributed by atoms with E-state index in [0.29, 0.717) is 25.8 Å². The number of carbonyl (C=O) groups is 2. The second-order valence-electron chi connectivity index (χ2n) is 4.84. The van der Waals surface area contributed by atoms with Crippen molar-refractivity contribution in [1.82, 2.24) is 5.32 Å². The van der Waals surface area contributed by atoms with Crippen molar-refractivity contribution in [2.75, 3.05) is 6.54 Å². The molecule has 2 fully saturated rings. The molecule has 0 radical (unpaired) electrons. The highest BCUT2D eigenvalue weighted by Crippen LogP contribution is 2.45. The Balaban J connectivity index is 1.64. The molecule has 1 amide bonds. The Morgan fingerprint density at radius 2 is 2.00 bits per heavy atom. The van der Waals surface area contributed by atoms with Crippen LogP contribution in [0.15, 0.2) is 0 Å². The van der Waals surface area contributed by atoms with E-state index in [1.54, 1.807) is 0 Å². The van der Waals surface area contributed by atoms with E-state index in [4.69, 9.17) is 5.11 Å². The second kappa shape index (κ2) is 3.83. The van der Waals surface area contributed by atoms with Crippen LogP contribution in [-0.4, -0.2) is 23.5 Å². The summed E-state index contributed by atoms with van der Waals surface area (Å²) < 4.78 is 0. The molecular formula is C11H17NO3. The number of aliphatic carboxylic acids is 1. The molecule has 2 aliphatic carbocycles. The van der Waals surface area contributed by atoms with Crippen molar-refractivity contribution in [2.24, 2.45) is 11.3 Å². The van der Waals surface area contributed by atoms with Gasteiger partial charge in [-0.05, 0) is 25.2 Å². The zero-order valence-electron chi connectivity index (χ0n) is 8.79. The molecular weight excluding hydrogens is 194 g/mol. The maximum Gasteiger partial charge on any atom is 0.311 e. The first-order valence-corrected chi connectivity index (χ1v) is 5.62. The molecule has 0 atom stereocenters. The normalized spacial score (nSPS) is 22.1. The van der Waals surface area contributed by atoms with Gasteiger partial charge in [-0.15, -0.1) is 0 Å². The molecule has 0 unspecified atom stereocenters. The van der Waals surface area contributed by atoms with Crippen molar-refractivity contribution in [2.45, 2.75) is 38.5 Å². The first-order valence-electron chi connectivity index (χ1n) is 5.62. The molecule has 84 valence electrons. The van der Waals surface area contributed by atoms with Crippen molar-refractivity contribution in [3.05, 3.63) is 0 Å². The van der Waals surface area contributed by atoms with Crippen molar-refractivity contribution in [3.63, 3.8) is 0 Å². The van der Waals surface area contributed by atoms with Gasteiger partial charge >= 0.3 is 5.97 Å². The van der Waals surface area contributed by atoms with Gasteiger partial charge < -0.3 is 10.4 Å². The number of carboxylic acid groups (broad SMARTS) is 1. The highest BCUT2D eigenvalue weighted by molar-refractivity contribution is 5.80. The number of nitrogens with one attached hydrogen (secondary N) is 1. The fourth-order valence-electron chi connectivity index (χ4n) is 1.72. The van der Waals surface area contributed by atoms with Gasteiger partial charge in [0.25, 0.3) is 0 Å². The van der Waals surface area contributed by atoms with Crippen LogP contribution in [-0.2, 0) is 9.59 Å². The van der Waals surface area contributed by atoms with E-state index < -0.39 is 11.4 Å². The van der Waals surface area contributed by atoms with E-state index in [-0.39, 0.29) is 5.91 Å². The van der Waals surface area contributed by atoms with E-state index in [1.807, 2.05) is 0 Å². The third-order valence-corrected chi connectivity index (χ3v) is 3.41. The molecule has 0 spiro atoms. The van der Waals surface area contributed by atoms with Gasteiger partial charge in [-0.1, -0.05) is 12.8 Å². The van der Waals surface area contributed by atoms with E-state index in [1.165, 1.54) is 12.8 Å². The number of carboxylic acids is 1. The summed E-state index contributed by atoms with van der Waals surface area (Å²) in [5, 5.41) is 11.6. The fourth-order valence-corrected chi connectivity index (χ4v) is 1.72. The third kappa shape index (κ3) is 2.70. The number of hydrogen-bond acceptors (Lipinski definition) is 2. The largest absolute Gasteiger partial charge is 0.481 e. The summed E-state index contributed by atoms with van der Waals surface area (Å²) in [6.07, 6.45) is 5.43. The predicted molar refractivity (Wildman–Crippen MR) is 54.3 cm³/mol. The maximum absolute atomic E-state index is 11.4. The lowest BCUT2D eigenvalue weighted by atomic mass is 10.1. The number of rotatable bonds is 6. The standard InChI is InChI=1S/C11H17NO3/c13-9(4-3-8-1-2-8)12-7-11(5-6-11)10(14)15/h8H,1-7H2,(H,12,13)(H,14,15). The van der Waals surface area contributed by atoms with Gasteiger partial charge in [0.2, 0.25) is 5.91 Å². The van der Waals surface area contributed by atoms with Gasteiger partial charge in [-0.3, -0.25) is 9.59 Å². The Hall–Kier alpha value is -1.06. The minimum absolute atomic E-state index is 0.00873. The van der Waals surface area contributed by atoms with Crippen LogP contribution in [0.5, 0.6) is 0 Å². The molecule has 0 aromatic heterocycles. The summed E-state index contributed by atoms with van der Waals surface area (Å²) in [6.45, 7) is 0.311. The lowest BCUT2D eigenvalue weighted by Crippen LogP contribution is -2.34. The van der Waals surface area contributed by atoms with Crippen LogP contribution in [0.25, 0.3) is 0 Å². The molecule has 2 N–H and O–H groups in total. The minimum atomic E-state index is -0.773. The van der Waals surface area contributed by atoms with Gasteiger partial charge in [0.05, 0.1) is 5.41 Å². The average Bonchev–Trinajstić information content (AvgIpc) is 3.05. The molecule has 2 rings (SSSR count). The molecule has 0 aromatic carbocycles. The molecule has 0 aromatic rings. The zero-order chi connectivity index (χ0) is 10.9. The predicted octanol–water partition coefficient (Wildman–Crippen LogP) is 1.16. The SMILES string of the molecule is O=C(CCC1CC1)NCC1(C(=O)O)CC1. The van der Waals surface area contributed by atoms with Gasteiger partial charge in [0.1, 0.15) is 0 Å². The fraction of sp³-hybridized carbons (Fsp3) is 0.818. The maximum atomic E-state index is 11.4. The van der Waals surface area contributed by atoms with Crippen molar-refractivity contribution in [1.29, 1.82) is 0 Å². The van der Waals surface area contributed by atoms with Gasteiger partial charge in [-0.2, -0.15) is 0 Å². The number of amides is 1. The van der Waals surface area contributed by atoms with Crippen LogP contribution in [0.4, 0.5) is 0 Å². The molecule has 15 heavy (non-hydrogen) atoms. The van der Waals surface area contributed by atoms with Crippen LogP contribution in [0.3, 0.4) is 0 Å².